The van der Waals surface area contributed by atoms with Gasteiger partial charge in [0.15, 0.2) is 0 Å². The van der Waals surface area contributed by atoms with Gasteiger partial charge in [0.1, 0.15) is 11.6 Å². The molecule has 1 aromatic heterocycles. The van der Waals surface area contributed by atoms with E-state index in [4.69, 9.17) is 4.98 Å². The molecule has 112 valence electrons. The summed E-state index contributed by atoms with van der Waals surface area (Å²) in [7, 11) is 4.33. The second kappa shape index (κ2) is 7.48. The molecule has 2 rings (SSSR count). The molecule has 0 aromatic carbocycles. The van der Waals surface area contributed by atoms with Crippen LogP contribution in [0.25, 0.3) is 0 Å². The van der Waals surface area contributed by atoms with Crippen molar-refractivity contribution in [1.29, 1.82) is 0 Å². The fraction of sp³-hybridized carbons (Fsp3) is 0.688. The van der Waals surface area contributed by atoms with Gasteiger partial charge in [-0.2, -0.15) is 0 Å². The largest absolute Gasteiger partial charge is 0.370 e. The molecule has 1 aromatic rings. The summed E-state index contributed by atoms with van der Waals surface area (Å²) in [5.41, 5.74) is 0. The molecule has 0 aliphatic carbocycles. The van der Waals surface area contributed by atoms with Gasteiger partial charge in [-0.25, -0.2) is 4.98 Å². The zero-order chi connectivity index (χ0) is 14.4. The number of hydrogen-bond donors (Lipinski definition) is 1. The van der Waals surface area contributed by atoms with Crippen molar-refractivity contribution in [3.63, 3.8) is 0 Å². The van der Waals surface area contributed by atoms with Crippen LogP contribution in [0.4, 0.5) is 11.6 Å². The van der Waals surface area contributed by atoms with Gasteiger partial charge in [0.25, 0.3) is 0 Å². The normalized spacial score (nSPS) is 16.7. The first-order chi connectivity index (χ1) is 9.69. The average Bonchev–Trinajstić information content (AvgIpc) is 2.45. The Kier molecular flexibility index (Phi) is 5.65. The molecule has 2 heterocycles. The van der Waals surface area contributed by atoms with Crippen LogP contribution in [0.5, 0.6) is 0 Å². The minimum absolute atomic E-state index is 0.836. The van der Waals surface area contributed by atoms with Crippen LogP contribution in [0.15, 0.2) is 18.2 Å². The van der Waals surface area contributed by atoms with Crippen molar-refractivity contribution in [3.05, 3.63) is 18.2 Å². The Hall–Kier alpha value is -1.29. The Morgan fingerprint density at radius 2 is 2.05 bits per heavy atom. The van der Waals surface area contributed by atoms with E-state index in [9.17, 15) is 0 Å². The zero-order valence-electron chi connectivity index (χ0n) is 13.1. The van der Waals surface area contributed by atoms with Gasteiger partial charge in [-0.1, -0.05) is 13.0 Å². The summed E-state index contributed by atoms with van der Waals surface area (Å²) < 4.78 is 0. The van der Waals surface area contributed by atoms with Gasteiger partial charge >= 0.3 is 0 Å². The lowest BCUT2D eigenvalue weighted by molar-refractivity contribution is 0.284. The van der Waals surface area contributed by atoms with Crippen molar-refractivity contribution < 1.29 is 0 Å². The molecule has 4 nitrogen and oxygen atoms in total. The molecule has 0 bridgehead atoms. The van der Waals surface area contributed by atoms with E-state index in [1.807, 2.05) is 0 Å². The van der Waals surface area contributed by atoms with Crippen LogP contribution in [-0.4, -0.2) is 50.2 Å². The Labute approximate surface area is 123 Å². The molecule has 0 saturated carbocycles. The van der Waals surface area contributed by atoms with Crippen LogP contribution in [0.3, 0.4) is 0 Å². The van der Waals surface area contributed by atoms with Crippen molar-refractivity contribution in [2.24, 2.45) is 5.92 Å². The molecular weight excluding hydrogens is 248 g/mol. The van der Waals surface area contributed by atoms with Gasteiger partial charge in [0.2, 0.25) is 0 Å². The van der Waals surface area contributed by atoms with Crippen LogP contribution in [0, 0.1) is 5.92 Å². The molecule has 20 heavy (non-hydrogen) atoms. The molecular formula is C16H28N4. The zero-order valence-corrected chi connectivity index (χ0v) is 13.1. The Bertz CT molecular complexity index is 397. The molecule has 4 heteroatoms. The predicted molar refractivity (Wildman–Crippen MR) is 86.5 cm³/mol. The van der Waals surface area contributed by atoms with E-state index in [1.165, 1.54) is 19.4 Å². The molecule has 1 aliphatic heterocycles. The summed E-state index contributed by atoms with van der Waals surface area (Å²) in [6.07, 6.45) is 3.67. The van der Waals surface area contributed by atoms with Crippen molar-refractivity contribution in [3.8, 4) is 0 Å². The number of anilines is 2. The Morgan fingerprint density at radius 1 is 1.30 bits per heavy atom. The lowest BCUT2D eigenvalue weighted by Crippen LogP contribution is -2.37. The van der Waals surface area contributed by atoms with Crippen molar-refractivity contribution in [1.82, 2.24) is 9.88 Å². The van der Waals surface area contributed by atoms with Crippen LogP contribution in [0.2, 0.25) is 0 Å². The van der Waals surface area contributed by atoms with Crippen molar-refractivity contribution in [2.75, 3.05) is 50.5 Å². The van der Waals surface area contributed by atoms with E-state index in [1.54, 1.807) is 0 Å². The molecule has 1 fully saturated rings. The summed E-state index contributed by atoms with van der Waals surface area (Å²) in [4.78, 5) is 9.44. The number of nitrogens with zero attached hydrogens (tertiary/aromatic N) is 3. The smallest absolute Gasteiger partial charge is 0.130 e. The number of hydrogen-bond acceptors (Lipinski definition) is 4. The fourth-order valence-electron chi connectivity index (χ4n) is 2.81. The van der Waals surface area contributed by atoms with Gasteiger partial charge in [-0.15, -0.1) is 0 Å². The summed E-state index contributed by atoms with van der Waals surface area (Å²) in [5.74, 6) is 2.96. The molecule has 1 aliphatic rings. The SMILES string of the molecule is CCCNc1cccc(N2CCC(CN(C)C)CC2)n1. The highest BCUT2D eigenvalue weighted by molar-refractivity contribution is 5.47. The van der Waals surface area contributed by atoms with E-state index in [0.29, 0.717) is 0 Å². The van der Waals surface area contributed by atoms with E-state index in [0.717, 1.165) is 43.6 Å². The second-order valence-electron chi connectivity index (χ2n) is 6.00. The van der Waals surface area contributed by atoms with Gasteiger partial charge in [-0.05, 0) is 51.4 Å². The first-order valence-electron chi connectivity index (χ1n) is 7.79. The summed E-state index contributed by atoms with van der Waals surface area (Å²) in [6, 6.07) is 6.29. The third-order valence-electron chi connectivity index (χ3n) is 3.85. The summed E-state index contributed by atoms with van der Waals surface area (Å²) in [5, 5.41) is 3.36. The lowest BCUT2D eigenvalue weighted by Gasteiger charge is -2.34. The number of rotatable bonds is 6. The maximum Gasteiger partial charge on any atom is 0.130 e. The quantitative estimate of drug-likeness (QED) is 0.865. The van der Waals surface area contributed by atoms with Crippen LogP contribution in [-0.2, 0) is 0 Å². The average molecular weight is 276 g/mol. The highest BCUT2D eigenvalue weighted by Crippen LogP contribution is 2.23. The van der Waals surface area contributed by atoms with E-state index in [-0.39, 0.29) is 0 Å². The number of pyridine rings is 1. The van der Waals surface area contributed by atoms with Crippen LogP contribution < -0.4 is 10.2 Å². The van der Waals surface area contributed by atoms with Crippen molar-refractivity contribution >= 4 is 11.6 Å². The molecule has 0 radical (unpaired) electrons. The predicted octanol–water partition coefficient (Wildman–Crippen LogP) is 2.68. The van der Waals surface area contributed by atoms with E-state index >= 15 is 0 Å². The van der Waals surface area contributed by atoms with Crippen LogP contribution >= 0.6 is 0 Å². The van der Waals surface area contributed by atoms with Gasteiger partial charge in [0, 0.05) is 26.2 Å². The number of piperidine rings is 1. The third kappa shape index (κ3) is 4.37. The molecule has 1 N–H and O–H groups in total. The molecule has 0 amide bonds. The standard InChI is InChI=1S/C16H28N4/c1-4-10-17-15-6-5-7-16(18-15)20-11-8-14(9-12-20)13-19(2)3/h5-7,14H,4,8-13H2,1-3H3,(H,17,18). The minimum atomic E-state index is 0.836. The first kappa shape index (κ1) is 15.1. The molecule has 1 saturated heterocycles. The minimum Gasteiger partial charge on any atom is -0.370 e. The van der Waals surface area contributed by atoms with Gasteiger partial charge in [-0.3, -0.25) is 0 Å². The van der Waals surface area contributed by atoms with E-state index < -0.39 is 0 Å². The highest BCUT2D eigenvalue weighted by atomic mass is 15.2. The second-order valence-corrected chi connectivity index (χ2v) is 6.00. The third-order valence-corrected chi connectivity index (χ3v) is 3.85. The fourth-order valence-corrected chi connectivity index (χ4v) is 2.81. The summed E-state index contributed by atoms with van der Waals surface area (Å²) in [6.45, 7) is 6.62. The topological polar surface area (TPSA) is 31.4 Å². The van der Waals surface area contributed by atoms with Gasteiger partial charge < -0.3 is 15.1 Å². The number of aromatic nitrogens is 1. The van der Waals surface area contributed by atoms with Gasteiger partial charge in [0.05, 0.1) is 0 Å². The molecule has 0 unspecified atom stereocenters. The molecule has 0 spiro atoms. The maximum atomic E-state index is 4.72. The lowest BCUT2D eigenvalue weighted by atomic mass is 9.96. The highest BCUT2D eigenvalue weighted by Gasteiger charge is 2.20. The van der Waals surface area contributed by atoms with Crippen molar-refractivity contribution in [2.45, 2.75) is 26.2 Å². The van der Waals surface area contributed by atoms with E-state index in [2.05, 4.69) is 54.3 Å². The Balaban J connectivity index is 1.89. The summed E-state index contributed by atoms with van der Waals surface area (Å²) >= 11 is 0. The first-order valence-corrected chi connectivity index (χ1v) is 7.79. The molecule has 0 atom stereocenters. The maximum absolute atomic E-state index is 4.72. The monoisotopic (exact) mass is 276 g/mol. The Morgan fingerprint density at radius 3 is 2.70 bits per heavy atom. The number of nitrogens with one attached hydrogen (secondary N) is 1. The van der Waals surface area contributed by atoms with Crippen LogP contribution in [0.1, 0.15) is 26.2 Å².